The molecule has 8 heteroatoms. The topological polar surface area (TPSA) is 60.9 Å². The second-order valence-corrected chi connectivity index (χ2v) is 6.67. The molecule has 3 aromatic heterocycles. The van der Waals surface area contributed by atoms with Crippen molar-refractivity contribution in [2.24, 2.45) is 0 Å². The Morgan fingerprint density at radius 3 is 2.79 bits per heavy atom. The number of thioether (sulfide) groups is 1. The summed E-state index contributed by atoms with van der Waals surface area (Å²) in [6.45, 7) is 2.06. The van der Waals surface area contributed by atoms with Crippen LogP contribution in [0.5, 0.6) is 0 Å². The summed E-state index contributed by atoms with van der Waals surface area (Å²) in [4.78, 5) is 4.67. The van der Waals surface area contributed by atoms with Crippen LogP contribution in [0.15, 0.2) is 53.9 Å². The third kappa shape index (κ3) is 2.88. The predicted octanol–water partition coefficient (Wildman–Crippen LogP) is 3.56. The van der Waals surface area contributed by atoms with E-state index in [4.69, 9.17) is 11.6 Å². The summed E-state index contributed by atoms with van der Waals surface area (Å²) in [6.07, 6.45) is 4.03. The molecule has 0 aliphatic heterocycles. The number of pyridine rings is 1. The normalized spacial score (nSPS) is 11.2. The lowest BCUT2D eigenvalue weighted by Crippen LogP contribution is -1.98. The summed E-state index contributed by atoms with van der Waals surface area (Å²) in [6, 6.07) is 11.5. The van der Waals surface area contributed by atoms with Crippen molar-refractivity contribution in [3.05, 3.63) is 65.1 Å². The van der Waals surface area contributed by atoms with Crippen LogP contribution >= 0.6 is 23.4 Å². The molecular weight excluding hydrogens is 344 g/mol. The average Bonchev–Trinajstić information content (AvgIpc) is 3.20. The molecule has 3 heterocycles. The lowest BCUT2D eigenvalue weighted by molar-refractivity contribution is 0.756. The van der Waals surface area contributed by atoms with Gasteiger partial charge >= 0.3 is 0 Å². The van der Waals surface area contributed by atoms with Gasteiger partial charge in [-0.05, 0) is 53.2 Å². The molecular formula is C16H13ClN6S. The number of aryl methyl sites for hydroxylation is 1. The molecule has 1 aromatic carbocycles. The first-order chi connectivity index (χ1) is 11.7. The molecule has 0 radical (unpaired) electrons. The fourth-order valence-corrected chi connectivity index (χ4v) is 3.33. The van der Waals surface area contributed by atoms with Crippen LogP contribution in [0.4, 0.5) is 0 Å². The monoisotopic (exact) mass is 356 g/mol. The van der Waals surface area contributed by atoms with Gasteiger partial charge in [0.2, 0.25) is 5.16 Å². The number of halogens is 1. The highest BCUT2D eigenvalue weighted by atomic mass is 35.5. The molecule has 4 aromatic rings. The van der Waals surface area contributed by atoms with Crippen molar-refractivity contribution in [3.8, 4) is 5.69 Å². The van der Waals surface area contributed by atoms with Crippen molar-refractivity contribution < 1.29 is 0 Å². The van der Waals surface area contributed by atoms with Gasteiger partial charge in [0.1, 0.15) is 5.65 Å². The van der Waals surface area contributed by atoms with Crippen LogP contribution < -0.4 is 0 Å². The Balaban J connectivity index is 1.57. The highest BCUT2D eigenvalue weighted by Crippen LogP contribution is 2.23. The van der Waals surface area contributed by atoms with Gasteiger partial charge in [0, 0.05) is 23.2 Å². The average molecular weight is 357 g/mol. The molecule has 0 bridgehead atoms. The summed E-state index contributed by atoms with van der Waals surface area (Å²) in [5, 5.41) is 13.3. The van der Waals surface area contributed by atoms with Crippen molar-refractivity contribution in [2.45, 2.75) is 17.8 Å². The Bertz CT molecular complexity index is 991. The maximum Gasteiger partial charge on any atom is 0.214 e. The highest BCUT2D eigenvalue weighted by Gasteiger charge is 2.11. The van der Waals surface area contributed by atoms with Gasteiger partial charge in [0.05, 0.1) is 11.4 Å². The molecule has 0 atom stereocenters. The number of fused-ring (bicyclic) bond motifs is 1. The van der Waals surface area contributed by atoms with Gasteiger partial charge in [-0.2, -0.15) is 4.68 Å². The lowest BCUT2D eigenvalue weighted by atomic mass is 10.3. The Labute approximate surface area is 147 Å². The summed E-state index contributed by atoms with van der Waals surface area (Å²) < 4.78 is 3.73. The van der Waals surface area contributed by atoms with Crippen LogP contribution in [0, 0.1) is 6.92 Å². The van der Waals surface area contributed by atoms with Crippen LogP contribution in [0.3, 0.4) is 0 Å². The molecule has 0 N–H and O–H groups in total. The molecule has 0 spiro atoms. The molecule has 6 nitrogen and oxygen atoms in total. The molecule has 0 aliphatic rings. The molecule has 0 saturated heterocycles. The van der Waals surface area contributed by atoms with Gasteiger partial charge < -0.3 is 4.40 Å². The number of rotatable bonds is 4. The Kier molecular flexibility index (Phi) is 3.95. The Morgan fingerprint density at radius 2 is 2.00 bits per heavy atom. The predicted molar refractivity (Wildman–Crippen MR) is 93.7 cm³/mol. The van der Waals surface area contributed by atoms with E-state index in [0.29, 0.717) is 15.9 Å². The zero-order valence-electron chi connectivity index (χ0n) is 12.8. The number of nitrogens with zero attached hydrogens (tertiary/aromatic N) is 6. The number of aromatic nitrogens is 6. The second-order valence-electron chi connectivity index (χ2n) is 5.29. The number of imidazole rings is 1. The highest BCUT2D eigenvalue weighted by molar-refractivity contribution is 7.98. The van der Waals surface area contributed by atoms with E-state index >= 15 is 0 Å². The summed E-state index contributed by atoms with van der Waals surface area (Å²) in [5.41, 5.74) is 3.99. The van der Waals surface area contributed by atoms with Crippen LogP contribution in [0.2, 0.25) is 5.02 Å². The second kappa shape index (κ2) is 6.26. The van der Waals surface area contributed by atoms with E-state index in [1.54, 1.807) is 16.4 Å². The Hall–Kier alpha value is -2.38. The van der Waals surface area contributed by atoms with Crippen LogP contribution in [0.1, 0.15) is 11.3 Å². The van der Waals surface area contributed by atoms with Gasteiger partial charge in [-0.25, -0.2) is 4.98 Å². The number of tetrazole rings is 1. The third-order valence-electron chi connectivity index (χ3n) is 3.59. The van der Waals surface area contributed by atoms with E-state index < -0.39 is 0 Å². The van der Waals surface area contributed by atoms with Gasteiger partial charge in [-0.15, -0.1) is 5.10 Å². The van der Waals surface area contributed by atoms with Gasteiger partial charge in [0.15, 0.2) is 0 Å². The van der Waals surface area contributed by atoms with Gasteiger partial charge in [0.25, 0.3) is 0 Å². The molecule has 0 amide bonds. The van der Waals surface area contributed by atoms with E-state index in [1.807, 2.05) is 47.1 Å². The smallest absolute Gasteiger partial charge is 0.214 e. The van der Waals surface area contributed by atoms with E-state index in [1.165, 1.54) is 0 Å². The van der Waals surface area contributed by atoms with E-state index in [-0.39, 0.29) is 0 Å². The quantitative estimate of drug-likeness (QED) is 0.523. The van der Waals surface area contributed by atoms with E-state index in [2.05, 4.69) is 33.5 Å². The number of benzene rings is 1. The molecule has 0 unspecified atom stereocenters. The molecule has 120 valence electrons. The SMILES string of the molecule is Cc1cccn2cc(CSc3nnnn3-c3ccc(Cl)cc3)nc12. The first-order valence-corrected chi connectivity index (χ1v) is 8.67. The van der Waals surface area contributed by atoms with Crippen molar-refractivity contribution in [1.82, 2.24) is 29.6 Å². The first-order valence-electron chi connectivity index (χ1n) is 7.31. The molecule has 0 aliphatic carbocycles. The number of hydrogen-bond donors (Lipinski definition) is 0. The minimum Gasteiger partial charge on any atom is -0.307 e. The van der Waals surface area contributed by atoms with Crippen molar-refractivity contribution in [3.63, 3.8) is 0 Å². The Morgan fingerprint density at radius 1 is 1.17 bits per heavy atom. The van der Waals surface area contributed by atoms with Crippen LogP contribution in [-0.4, -0.2) is 29.6 Å². The lowest BCUT2D eigenvalue weighted by Gasteiger charge is -2.03. The molecule has 24 heavy (non-hydrogen) atoms. The largest absolute Gasteiger partial charge is 0.307 e. The van der Waals surface area contributed by atoms with Crippen molar-refractivity contribution >= 4 is 29.0 Å². The molecule has 0 saturated carbocycles. The minimum absolute atomic E-state index is 0.682. The fourth-order valence-electron chi connectivity index (χ4n) is 2.43. The van der Waals surface area contributed by atoms with Crippen LogP contribution in [-0.2, 0) is 5.75 Å². The van der Waals surface area contributed by atoms with Crippen molar-refractivity contribution in [1.29, 1.82) is 0 Å². The summed E-state index contributed by atoms with van der Waals surface area (Å²) in [5.74, 6) is 0.690. The van der Waals surface area contributed by atoms with E-state index in [9.17, 15) is 0 Å². The maximum atomic E-state index is 5.93. The van der Waals surface area contributed by atoms with E-state index in [0.717, 1.165) is 22.6 Å². The van der Waals surface area contributed by atoms with Crippen molar-refractivity contribution in [2.75, 3.05) is 0 Å². The maximum absolute atomic E-state index is 5.93. The summed E-state index contributed by atoms with van der Waals surface area (Å²) in [7, 11) is 0. The zero-order valence-corrected chi connectivity index (χ0v) is 14.4. The standard InChI is InChI=1S/C16H13ClN6S/c1-11-3-2-8-22-9-13(18-15(11)22)10-24-16-19-20-21-23(16)14-6-4-12(17)5-7-14/h2-9H,10H2,1H3. The third-order valence-corrected chi connectivity index (χ3v) is 4.79. The van der Waals surface area contributed by atoms with Crippen LogP contribution in [0.25, 0.3) is 11.3 Å². The van der Waals surface area contributed by atoms with Gasteiger partial charge in [-0.3, -0.25) is 0 Å². The first kappa shape index (κ1) is 15.2. The zero-order chi connectivity index (χ0) is 16.5. The molecule has 0 fully saturated rings. The number of hydrogen-bond acceptors (Lipinski definition) is 5. The minimum atomic E-state index is 0.682. The van der Waals surface area contributed by atoms with Gasteiger partial charge in [-0.1, -0.05) is 29.4 Å². The molecule has 4 rings (SSSR count). The summed E-state index contributed by atoms with van der Waals surface area (Å²) >= 11 is 7.47. The fraction of sp³-hybridized carbons (Fsp3) is 0.125.